The van der Waals surface area contributed by atoms with E-state index < -0.39 is 8.32 Å². The third-order valence-corrected chi connectivity index (χ3v) is 5.17. The standard InChI is InChI=1S/C23H30NO2Si.2ClH.Zr/c1-15(25-5)21-20(26-27(6,7)8)14-18-17-12-10-9-11-16(17)13-19(18)22(21)24-23(2,3)4;;;/h9-12,14,24H,1-8H3;2*1H;/q-1;;;+3/p-2. The van der Waals surface area contributed by atoms with Crippen LogP contribution in [0.3, 0.4) is 0 Å². The van der Waals surface area contributed by atoms with Gasteiger partial charge in [-0.25, -0.2) is 0 Å². The van der Waals surface area contributed by atoms with Gasteiger partial charge < -0.3 is 39.3 Å². The maximum absolute atomic E-state index is 6.52. The van der Waals surface area contributed by atoms with Crippen molar-refractivity contribution in [2.75, 3.05) is 12.4 Å². The first kappa shape index (κ1) is 29.3. The van der Waals surface area contributed by atoms with Gasteiger partial charge in [-0.2, -0.15) is 0 Å². The average molecular weight is 543 g/mol. The molecule has 0 fully saturated rings. The second-order valence-corrected chi connectivity index (χ2v) is 13.5. The van der Waals surface area contributed by atoms with Gasteiger partial charge in [0.05, 0.1) is 12.9 Å². The summed E-state index contributed by atoms with van der Waals surface area (Å²) in [7, 11) is -0.0988. The number of rotatable bonds is 4. The number of anilines is 1. The molecule has 0 aliphatic heterocycles. The van der Waals surface area contributed by atoms with Crippen LogP contribution in [0, 0.1) is 10.4 Å². The number of hydrogen-bond donors (Lipinski definition) is 1. The predicted molar refractivity (Wildman–Crippen MR) is 116 cm³/mol. The van der Waals surface area contributed by atoms with E-state index in [2.05, 4.69) is 82.1 Å². The van der Waals surface area contributed by atoms with E-state index in [0.29, 0.717) is 0 Å². The molecule has 0 saturated heterocycles. The maximum atomic E-state index is 6.52. The van der Waals surface area contributed by atoms with Crippen molar-refractivity contribution in [2.24, 2.45) is 0 Å². The molecule has 1 radical (unpaired) electrons. The Morgan fingerprint density at radius 2 is 1.63 bits per heavy atom. The molecule has 0 aromatic heterocycles. The number of nitrogens with one attached hydrogen (secondary N) is 1. The Balaban J connectivity index is 0.00000280. The summed E-state index contributed by atoms with van der Waals surface area (Å²) in [5, 5.41) is 8.18. The first-order valence-electron chi connectivity index (χ1n) is 9.43. The monoisotopic (exact) mass is 540 g/mol. The van der Waals surface area contributed by atoms with Crippen LogP contribution in [0.2, 0.25) is 19.6 Å². The largest absolute Gasteiger partial charge is 3.00 e. The molecule has 2 aromatic carbocycles. The van der Waals surface area contributed by atoms with E-state index in [0.717, 1.165) is 33.2 Å². The molecular formula is C23H30Cl2NO2SiZr. The Kier molecular flexibility index (Phi) is 10.5. The van der Waals surface area contributed by atoms with Gasteiger partial charge in [0.1, 0.15) is 5.75 Å². The van der Waals surface area contributed by atoms with Crippen LogP contribution in [-0.2, 0) is 30.9 Å². The van der Waals surface area contributed by atoms with E-state index >= 15 is 0 Å². The minimum absolute atomic E-state index is 0. The van der Waals surface area contributed by atoms with E-state index in [9.17, 15) is 0 Å². The first-order chi connectivity index (χ1) is 12.5. The zero-order valence-corrected chi connectivity index (χ0v) is 23.9. The molecule has 1 N–H and O–H groups in total. The molecule has 7 heteroatoms. The maximum Gasteiger partial charge on any atom is 3.00 e. The Morgan fingerprint density at radius 3 is 2.17 bits per heavy atom. The third kappa shape index (κ3) is 6.38. The van der Waals surface area contributed by atoms with Crippen molar-refractivity contribution in [2.45, 2.75) is 52.9 Å². The molecule has 0 spiro atoms. The molecule has 1 aliphatic carbocycles. The van der Waals surface area contributed by atoms with Gasteiger partial charge in [-0.1, -0.05) is 29.8 Å². The fourth-order valence-corrected chi connectivity index (χ4v) is 4.14. The quantitative estimate of drug-likeness (QED) is 0.312. The van der Waals surface area contributed by atoms with Gasteiger partial charge in [-0.3, -0.25) is 0 Å². The van der Waals surface area contributed by atoms with E-state index in [4.69, 9.17) is 9.16 Å². The molecule has 3 nitrogen and oxygen atoms in total. The van der Waals surface area contributed by atoms with E-state index in [1.165, 1.54) is 10.4 Å². The molecule has 0 heterocycles. The fourth-order valence-electron chi connectivity index (χ4n) is 3.32. The molecule has 2 aromatic rings. The van der Waals surface area contributed by atoms with E-state index in [1.807, 2.05) is 6.92 Å². The van der Waals surface area contributed by atoms with Gasteiger partial charge in [0, 0.05) is 10.8 Å². The normalized spacial score (nSPS) is 12.7. The first-order valence-corrected chi connectivity index (χ1v) is 12.8. The van der Waals surface area contributed by atoms with Crippen LogP contribution in [-0.4, -0.2) is 21.0 Å². The number of benzene rings is 2. The fraction of sp³-hybridized carbons (Fsp3) is 0.391. The van der Waals surface area contributed by atoms with E-state index in [-0.39, 0.29) is 56.6 Å². The Bertz CT molecular complexity index is 1110. The second-order valence-electron chi connectivity index (χ2n) is 9.07. The zero-order valence-electron chi connectivity index (χ0n) is 19.0. The summed E-state index contributed by atoms with van der Waals surface area (Å²) < 4.78 is 12.2. The Labute approximate surface area is 212 Å². The van der Waals surface area contributed by atoms with Crippen molar-refractivity contribution in [3.63, 3.8) is 0 Å². The molecule has 0 unspecified atom stereocenters. The van der Waals surface area contributed by atoms with Crippen LogP contribution in [0.4, 0.5) is 5.69 Å². The van der Waals surface area contributed by atoms with Crippen molar-refractivity contribution in [3.8, 4) is 5.75 Å². The zero-order chi connectivity index (χ0) is 20.0. The molecule has 0 atom stereocenters. The molecule has 161 valence electrons. The molecule has 0 bridgehead atoms. The van der Waals surface area contributed by atoms with Crippen molar-refractivity contribution in [3.05, 3.63) is 56.8 Å². The minimum atomic E-state index is -1.81. The second kappa shape index (κ2) is 10.7. The smallest absolute Gasteiger partial charge is 1.00 e. The molecule has 0 saturated carbocycles. The summed E-state index contributed by atoms with van der Waals surface area (Å²) in [4.78, 5) is 0. The number of fused-ring (bicyclic) bond motifs is 2. The SMILES string of the molecule is COC(C)=c1c(O[Si](C)(C)C)cc2c(c1NC(C)(C)C)[C-]=c1ccccc1=2.[Cl-].[Cl-].[Zr+3]. The van der Waals surface area contributed by atoms with Gasteiger partial charge in [0.15, 0.2) is 0 Å². The van der Waals surface area contributed by atoms with Crippen LogP contribution in [0.15, 0.2) is 30.3 Å². The van der Waals surface area contributed by atoms with Crippen LogP contribution in [0.25, 0.3) is 11.8 Å². The summed E-state index contributed by atoms with van der Waals surface area (Å²) >= 11 is 0. The summed E-state index contributed by atoms with van der Waals surface area (Å²) in [5.74, 6) is 1.73. The average Bonchev–Trinajstić information content (AvgIpc) is 2.90. The molecule has 3 rings (SSSR count). The van der Waals surface area contributed by atoms with Crippen molar-refractivity contribution >= 4 is 25.8 Å². The topological polar surface area (TPSA) is 30.5 Å². The van der Waals surface area contributed by atoms with E-state index in [1.54, 1.807) is 7.11 Å². The Morgan fingerprint density at radius 1 is 1.03 bits per heavy atom. The van der Waals surface area contributed by atoms with Gasteiger partial charge in [-0.15, -0.1) is 27.8 Å². The number of hydrogen-bond acceptors (Lipinski definition) is 3. The molecule has 30 heavy (non-hydrogen) atoms. The predicted octanol–water partition coefficient (Wildman–Crippen LogP) is -1.80. The molecular weight excluding hydrogens is 512 g/mol. The van der Waals surface area contributed by atoms with Crippen molar-refractivity contribution < 1.29 is 60.2 Å². The van der Waals surface area contributed by atoms with Crippen LogP contribution in [0.1, 0.15) is 33.3 Å². The third-order valence-electron chi connectivity index (χ3n) is 4.34. The molecule has 1 aliphatic rings. The van der Waals surface area contributed by atoms with Gasteiger partial charge >= 0.3 is 26.2 Å². The summed E-state index contributed by atoms with van der Waals surface area (Å²) in [5.41, 5.74) is 2.01. The summed E-state index contributed by atoms with van der Waals surface area (Å²) in [6, 6.07) is 10.6. The number of ether oxygens (including phenoxy) is 1. The number of halogens is 2. The minimum Gasteiger partial charge on any atom is -1.00 e. The van der Waals surface area contributed by atoms with Crippen LogP contribution < -0.4 is 45.0 Å². The van der Waals surface area contributed by atoms with Gasteiger partial charge in [0.2, 0.25) is 8.32 Å². The van der Waals surface area contributed by atoms with Crippen LogP contribution >= 0.6 is 0 Å². The van der Waals surface area contributed by atoms with Gasteiger partial charge in [0.25, 0.3) is 0 Å². The summed E-state index contributed by atoms with van der Waals surface area (Å²) in [6.45, 7) is 15.1. The Hall–Kier alpha value is -0.740. The summed E-state index contributed by atoms with van der Waals surface area (Å²) in [6.07, 6.45) is 3.60. The molecule has 0 amide bonds. The van der Waals surface area contributed by atoms with Crippen LogP contribution in [0.5, 0.6) is 5.75 Å². The van der Waals surface area contributed by atoms with Crippen molar-refractivity contribution in [1.82, 2.24) is 0 Å². The van der Waals surface area contributed by atoms with Crippen molar-refractivity contribution in [1.29, 1.82) is 0 Å². The number of methoxy groups -OCH3 is 1. The van der Waals surface area contributed by atoms with Gasteiger partial charge in [-0.05, 0) is 53.0 Å².